The Hall–Kier alpha value is -4.02. The third-order valence-corrected chi connectivity index (χ3v) is 5.94. The SMILES string of the molecule is COC(=O)C1=C(C)N(CCc2ccccc2)C(=O)[C@@]1(NC(=O)c1ccc(OC)c(OC)c1)C(F)(F)F. The average Bonchev–Trinajstić information content (AvgIpc) is 3.08. The van der Waals surface area contributed by atoms with E-state index in [1.54, 1.807) is 35.6 Å². The van der Waals surface area contributed by atoms with Crippen LogP contribution in [0, 0.1) is 0 Å². The van der Waals surface area contributed by atoms with Gasteiger partial charge in [-0.2, -0.15) is 13.2 Å². The smallest absolute Gasteiger partial charge is 0.425 e. The number of benzene rings is 2. The highest BCUT2D eigenvalue weighted by molar-refractivity contribution is 6.11. The second kappa shape index (κ2) is 10.3. The topological polar surface area (TPSA) is 94.2 Å². The number of methoxy groups -OCH3 is 3. The molecule has 0 aromatic heterocycles. The molecule has 8 nitrogen and oxygen atoms in total. The van der Waals surface area contributed by atoms with Crippen LogP contribution in [0.2, 0.25) is 0 Å². The van der Waals surface area contributed by atoms with Crippen molar-refractivity contribution in [2.24, 2.45) is 0 Å². The fourth-order valence-corrected chi connectivity index (χ4v) is 4.10. The second-order valence-electron chi connectivity index (χ2n) is 7.92. The Morgan fingerprint density at radius 1 is 1.00 bits per heavy atom. The van der Waals surface area contributed by atoms with E-state index in [0.29, 0.717) is 0 Å². The fraction of sp³-hybridized carbons (Fsp3) is 0.320. The van der Waals surface area contributed by atoms with Crippen molar-refractivity contribution in [1.29, 1.82) is 0 Å². The van der Waals surface area contributed by atoms with E-state index in [1.807, 2.05) is 0 Å². The number of rotatable bonds is 8. The number of carbonyl (C=O) groups is 3. The number of nitrogens with one attached hydrogen (secondary N) is 1. The largest absolute Gasteiger partial charge is 0.493 e. The van der Waals surface area contributed by atoms with Crippen LogP contribution in [-0.4, -0.2) is 62.3 Å². The molecule has 0 radical (unpaired) electrons. The third-order valence-electron chi connectivity index (χ3n) is 5.94. The standard InChI is InChI=1S/C25H25F3N2O6/c1-15-20(22(32)36-4)24(25(26,27)28,23(33)30(15)13-12-16-8-6-5-7-9-16)29-21(31)17-10-11-18(34-2)19(14-17)35-3/h5-11,14H,12-13H2,1-4H3,(H,29,31)/t24-/m1/s1. The maximum Gasteiger partial charge on any atom is 0.425 e. The molecule has 1 heterocycles. The molecule has 0 aliphatic carbocycles. The predicted octanol–water partition coefficient (Wildman–Crippen LogP) is 3.27. The summed E-state index contributed by atoms with van der Waals surface area (Å²) < 4.78 is 58.9. The van der Waals surface area contributed by atoms with Gasteiger partial charge in [0, 0.05) is 17.8 Å². The van der Waals surface area contributed by atoms with Crippen LogP contribution in [0.1, 0.15) is 22.8 Å². The van der Waals surface area contributed by atoms with E-state index in [-0.39, 0.29) is 35.7 Å². The highest BCUT2D eigenvalue weighted by Gasteiger charge is 2.70. The third kappa shape index (κ3) is 4.60. The fourth-order valence-electron chi connectivity index (χ4n) is 4.10. The molecule has 1 N–H and O–H groups in total. The van der Waals surface area contributed by atoms with Gasteiger partial charge in [0.05, 0.1) is 21.3 Å². The normalized spacial score (nSPS) is 17.8. The second-order valence-corrected chi connectivity index (χ2v) is 7.92. The van der Waals surface area contributed by atoms with Crippen LogP contribution in [0.25, 0.3) is 0 Å². The lowest BCUT2D eigenvalue weighted by molar-refractivity contribution is -0.192. The minimum absolute atomic E-state index is 0.0911. The first-order valence-electron chi connectivity index (χ1n) is 10.8. The molecule has 11 heteroatoms. The Morgan fingerprint density at radius 3 is 2.19 bits per heavy atom. The van der Waals surface area contributed by atoms with E-state index in [1.165, 1.54) is 39.3 Å². The summed E-state index contributed by atoms with van der Waals surface area (Å²) in [5.74, 6) is -3.80. The van der Waals surface area contributed by atoms with E-state index in [0.717, 1.165) is 17.6 Å². The lowest BCUT2D eigenvalue weighted by Crippen LogP contribution is -2.66. The zero-order valence-corrected chi connectivity index (χ0v) is 20.1. The Morgan fingerprint density at radius 2 is 1.64 bits per heavy atom. The van der Waals surface area contributed by atoms with Gasteiger partial charge in [0.1, 0.15) is 5.57 Å². The molecule has 3 rings (SSSR count). The Labute approximate surface area is 205 Å². The van der Waals surface area contributed by atoms with E-state index in [4.69, 9.17) is 9.47 Å². The summed E-state index contributed by atoms with van der Waals surface area (Å²) in [7, 11) is 3.55. The molecule has 1 aliphatic rings. The van der Waals surface area contributed by atoms with Gasteiger partial charge in [0.15, 0.2) is 11.5 Å². The zero-order chi connectivity index (χ0) is 26.7. The number of ether oxygens (including phenoxy) is 3. The van der Waals surface area contributed by atoms with Gasteiger partial charge in [-0.25, -0.2) is 4.79 Å². The molecule has 36 heavy (non-hydrogen) atoms. The predicted molar refractivity (Wildman–Crippen MR) is 122 cm³/mol. The highest BCUT2D eigenvalue weighted by Crippen LogP contribution is 2.45. The number of halogens is 3. The molecule has 0 unspecified atom stereocenters. The van der Waals surface area contributed by atoms with Gasteiger partial charge in [0.2, 0.25) is 0 Å². The van der Waals surface area contributed by atoms with E-state index < -0.39 is 35.1 Å². The van der Waals surface area contributed by atoms with E-state index in [9.17, 15) is 27.6 Å². The van der Waals surface area contributed by atoms with Crippen molar-refractivity contribution in [2.45, 2.75) is 25.1 Å². The van der Waals surface area contributed by atoms with Crippen LogP contribution in [0.3, 0.4) is 0 Å². The number of alkyl halides is 3. The van der Waals surface area contributed by atoms with Crippen LogP contribution in [-0.2, 0) is 20.7 Å². The van der Waals surface area contributed by atoms with Gasteiger partial charge < -0.3 is 24.4 Å². The van der Waals surface area contributed by atoms with E-state index in [2.05, 4.69) is 4.74 Å². The first kappa shape index (κ1) is 26.6. The van der Waals surface area contributed by atoms with Crippen LogP contribution in [0.5, 0.6) is 11.5 Å². The molecule has 192 valence electrons. The van der Waals surface area contributed by atoms with Crippen LogP contribution in [0.15, 0.2) is 59.8 Å². The number of esters is 1. The molecule has 0 saturated heterocycles. The lowest BCUT2D eigenvalue weighted by atomic mass is 9.88. The average molecular weight is 506 g/mol. The molecule has 2 aromatic rings. The molecule has 0 spiro atoms. The number of amides is 2. The van der Waals surface area contributed by atoms with Gasteiger partial charge in [-0.15, -0.1) is 0 Å². The molecule has 1 atom stereocenters. The summed E-state index contributed by atoms with van der Waals surface area (Å²) in [6, 6.07) is 12.5. The molecule has 2 aromatic carbocycles. The molecule has 0 saturated carbocycles. The Bertz CT molecular complexity index is 1200. The van der Waals surface area contributed by atoms with Crippen molar-refractivity contribution >= 4 is 17.8 Å². The minimum atomic E-state index is -5.37. The summed E-state index contributed by atoms with van der Waals surface area (Å²) in [5, 5.41) is 1.80. The van der Waals surface area contributed by atoms with Crippen LogP contribution in [0.4, 0.5) is 13.2 Å². The zero-order valence-electron chi connectivity index (χ0n) is 20.1. The van der Waals surface area contributed by atoms with Crippen LogP contribution >= 0.6 is 0 Å². The van der Waals surface area contributed by atoms with Crippen molar-refractivity contribution in [2.75, 3.05) is 27.9 Å². The molecular formula is C25H25F3N2O6. The summed E-state index contributed by atoms with van der Waals surface area (Å²) in [5.41, 5.74) is -4.37. The van der Waals surface area contributed by atoms with Crippen molar-refractivity contribution in [3.05, 3.63) is 70.9 Å². The first-order chi connectivity index (χ1) is 17.0. The van der Waals surface area contributed by atoms with Gasteiger partial charge in [-0.3, -0.25) is 9.59 Å². The summed E-state index contributed by atoms with van der Waals surface area (Å²) in [4.78, 5) is 39.9. The maximum absolute atomic E-state index is 14.7. The maximum atomic E-state index is 14.7. The highest BCUT2D eigenvalue weighted by atomic mass is 19.4. The number of allylic oxidation sites excluding steroid dienone is 1. The van der Waals surface area contributed by atoms with Crippen molar-refractivity contribution in [3.63, 3.8) is 0 Å². The summed E-state index contributed by atoms with van der Waals surface area (Å²) in [6.07, 6.45) is -5.15. The number of carbonyl (C=O) groups excluding carboxylic acids is 3. The number of hydrogen-bond acceptors (Lipinski definition) is 6. The molecular weight excluding hydrogens is 481 g/mol. The van der Waals surface area contributed by atoms with Gasteiger partial charge in [-0.1, -0.05) is 30.3 Å². The lowest BCUT2D eigenvalue weighted by Gasteiger charge is -2.33. The number of nitrogens with zero attached hydrogens (tertiary/aromatic N) is 1. The summed E-state index contributed by atoms with van der Waals surface area (Å²) >= 11 is 0. The van der Waals surface area contributed by atoms with Crippen molar-refractivity contribution < 1.29 is 41.8 Å². The van der Waals surface area contributed by atoms with Gasteiger partial charge >= 0.3 is 12.1 Å². The van der Waals surface area contributed by atoms with Crippen molar-refractivity contribution in [1.82, 2.24) is 10.2 Å². The monoisotopic (exact) mass is 506 g/mol. The summed E-state index contributed by atoms with van der Waals surface area (Å²) in [6.45, 7) is 1.06. The van der Waals surface area contributed by atoms with Gasteiger partial charge in [-0.05, 0) is 37.1 Å². The number of hydrogen-bond donors (Lipinski definition) is 1. The Balaban J connectivity index is 2.07. The molecule has 2 amide bonds. The first-order valence-corrected chi connectivity index (χ1v) is 10.8. The molecule has 0 bridgehead atoms. The molecule has 0 fully saturated rings. The van der Waals surface area contributed by atoms with E-state index >= 15 is 0 Å². The minimum Gasteiger partial charge on any atom is -0.493 e. The van der Waals surface area contributed by atoms with Crippen molar-refractivity contribution in [3.8, 4) is 11.5 Å². The van der Waals surface area contributed by atoms with Gasteiger partial charge in [0.25, 0.3) is 17.4 Å². The Kier molecular flexibility index (Phi) is 7.61. The quantitative estimate of drug-likeness (QED) is 0.553. The van der Waals surface area contributed by atoms with Crippen LogP contribution < -0.4 is 14.8 Å². The molecule has 1 aliphatic heterocycles.